The predicted molar refractivity (Wildman–Crippen MR) is 170 cm³/mol. The number of pyridine rings is 1. The van der Waals surface area contributed by atoms with E-state index >= 15 is 0 Å². The van der Waals surface area contributed by atoms with E-state index in [1.54, 1.807) is 53.6 Å². The number of ether oxygens (including phenoxy) is 3. The Bertz CT molecular complexity index is 1770. The average molecular weight is 626 g/mol. The molecule has 2 aliphatic rings. The van der Waals surface area contributed by atoms with Crippen molar-refractivity contribution in [2.45, 2.75) is 38.6 Å². The van der Waals surface area contributed by atoms with Crippen LogP contribution in [-0.2, 0) is 22.4 Å². The van der Waals surface area contributed by atoms with E-state index in [0.29, 0.717) is 59.6 Å². The fourth-order valence-corrected chi connectivity index (χ4v) is 5.78. The number of hydrogen-bond donors (Lipinski definition) is 0. The summed E-state index contributed by atoms with van der Waals surface area (Å²) in [4.78, 5) is 47.5. The third-order valence-corrected chi connectivity index (χ3v) is 9.01. The van der Waals surface area contributed by atoms with Crippen LogP contribution in [0, 0.1) is 11.2 Å². The number of benzene rings is 3. The van der Waals surface area contributed by atoms with Crippen molar-refractivity contribution in [2.24, 2.45) is 5.41 Å². The monoisotopic (exact) mass is 625 g/mol. The zero-order valence-electron chi connectivity index (χ0n) is 26.1. The average Bonchev–Trinajstić information content (AvgIpc) is 3.87. The lowest BCUT2D eigenvalue weighted by Gasteiger charge is -2.36. The number of halogens is 1. The van der Waals surface area contributed by atoms with Crippen LogP contribution in [0.5, 0.6) is 23.0 Å². The molecule has 46 heavy (non-hydrogen) atoms. The highest BCUT2D eigenvalue weighted by Crippen LogP contribution is 2.49. The van der Waals surface area contributed by atoms with E-state index in [1.165, 1.54) is 19.2 Å². The third-order valence-electron chi connectivity index (χ3n) is 9.01. The van der Waals surface area contributed by atoms with Gasteiger partial charge in [-0.1, -0.05) is 24.3 Å². The van der Waals surface area contributed by atoms with Crippen molar-refractivity contribution in [1.82, 2.24) is 14.8 Å². The Hall–Kier alpha value is -4.83. The van der Waals surface area contributed by atoms with Gasteiger partial charge in [0.05, 0.1) is 18.0 Å². The van der Waals surface area contributed by atoms with Crippen molar-refractivity contribution in [3.05, 3.63) is 89.9 Å². The first-order valence-electron chi connectivity index (χ1n) is 15.4. The summed E-state index contributed by atoms with van der Waals surface area (Å²) in [7, 11) is 3.55. The van der Waals surface area contributed by atoms with E-state index in [-0.39, 0.29) is 42.0 Å². The summed E-state index contributed by atoms with van der Waals surface area (Å²) < 4.78 is 30.8. The van der Waals surface area contributed by atoms with Gasteiger partial charge in [-0.05, 0) is 74.3 Å². The Labute approximate surface area is 266 Å². The number of nitrogens with zero attached hydrogens (tertiary/aromatic N) is 3. The van der Waals surface area contributed by atoms with Crippen LogP contribution in [0.3, 0.4) is 0 Å². The molecule has 6 rings (SSSR count). The van der Waals surface area contributed by atoms with Crippen molar-refractivity contribution in [1.29, 1.82) is 0 Å². The van der Waals surface area contributed by atoms with Gasteiger partial charge in [0.25, 0.3) is 0 Å². The van der Waals surface area contributed by atoms with E-state index < -0.39 is 11.5 Å². The van der Waals surface area contributed by atoms with Gasteiger partial charge >= 0.3 is 6.09 Å². The highest BCUT2D eigenvalue weighted by molar-refractivity contribution is 6.11. The molecule has 238 valence electrons. The van der Waals surface area contributed by atoms with Gasteiger partial charge in [0.1, 0.15) is 17.3 Å². The van der Waals surface area contributed by atoms with Crippen molar-refractivity contribution in [3.63, 3.8) is 0 Å². The van der Waals surface area contributed by atoms with Gasteiger partial charge < -0.3 is 24.0 Å². The van der Waals surface area contributed by atoms with E-state index in [4.69, 9.17) is 14.2 Å². The minimum absolute atomic E-state index is 0.0980. The normalized spacial score (nSPS) is 17.4. The number of ketones is 2. The second-order valence-electron chi connectivity index (χ2n) is 12.1. The number of carbonyl (C=O) groups excluding carboxylic acids is 3. The number of hydrogen-bond acceptors (Lipinski definition) is 8. The number of amides is 1. The number of likely N-dealkylation sites (N-methyl/N-ethyl adjacent to an activating group) is 1. The van der Waals surface area contributed by atoms with Crippen LogP contribution in [0.25, 0.3) is 10.9 Å². The van der Waals surface area contributed by atoms with Crippen LogP contribution >= 0.6 is 0 Å². The van der Waals surface area contributed by atoms with Gasteiger partial charge in [0, 0.05) is 56.2 Å². The van der Waals surface area contributed by atoms with Crippen LogP contribution in [0.2, 0.25) is 0 Å². The summed E-state index contributed by atoms with van der Waals surface area (Å²) >= 11 is 0. The maximum absolute atomic E-state index is 13.2. The van der Waals surface area contributed by atoms with Gasteiger partial charge in [-0.25, -0.2) is 9.18 Å². The quantitative estimate of drug-likeness (QED) is 0.198. The molecule has 10 heteroatoms. The summed E-state index contributed by atoms with van der Waals surface area (Å²) in [5, 5.41) is 0.668. The van der Waals surface area contributed by atoms with Crippen molar-refractivity contribution in [3.8, 4) is 23.0 Å². The predicted octanol–water partition coefficient (Wildman–Crippen LogP) is 6.01. The molecule has 2 fully saturated rings. The number of rotatable bonds is 10. The lowest BCUT2D eigenvalue weighted by molar-refractivity contribution is -0.133. The molecular weight excluding hydrogens is 589 g/mol. The molecule has 1 aromatic heterocycles. The lowest BCUT2D eigenvalue weighted by atomic mass is 9.88. The molecule has 0 N–H and O–H groups in total. The molecule has 1 aliphatic heterocycles. The molecule has 1 saturated heterocycles. The molecule has 2 heterocycles. The van der Waals surface area contributed by atoms with Crippen molar-refractivity contribution >= 4 is 28.6 Å². The molecule has 0 radical (unpaired) electrons. The van der Waals surface area contributed by atoms with Crippen LogP contribution in [0.1, 0.15) is 30.9 Å². The van der Waals surface area contributed by atoms with E-state index in [0.717, 1.165) is 12.1 Å². The van der Waals surface area contributed by atoms with Gasteiger partial charge in [-0.3, -0.25) is 14.6 Å². The molecule has 3 aromatic carbocycles. The highest BCUT2D eigenvalue weighted by Gasteiger charge is 2.54. The first-order chi connectivity index (χ1) is 22.1. The van der Waals surface area contributed by atoms with Crippen LogP contribution in [0.4, 0.5) is 9.18 Å². The summed E-state index contributed by atoms with van der Waals surface area (Å²) in [6, 6.07) is 18.4. The maximum Gasteiger partial charge on any atom is 0.415 e. The maximum atomic E-state index is 13.2. The van der Waals surface area contributed by atoms with Gasteiger partial charge in [0.15, 0.2) is 23.1 Å². The van der Waals surface area contributed by atoms with E-state index in [9.17, 15) is 18.8 Å². The molecular formula is C36H36FN3O6. The Morgan fingerprint density at radius 1 is 0.891 bits per heavy atom. The fourth-order valence-electron chi connectivity index (χ4n) is 5.78. The van der Waals surface area contributed by atoms with Gasteiger partial charge in [0.2, 0.25) is 0 Å². The Morgan fingerprint density at radius 2 is 1.54 bits per heavy atom. The lowest BCUT2D eigenvalue weighted by Crippen LogP contribution is -2.52. The van der Waals surface area contributed by atoms with E-state index in [2.05, 4.69) is 16.8 Å². The Kier molecular flexibility index (Phi) is 8.73. The molecule has 0 unspecified atom stereocenters. The number of piperazine rings is 1. The molecule has 0 spiro atoms. The zero-order valence-corrected chi connectivity index (χ0v) is 26.1. The molecule has 1 aliphatic carbocycles. The number of aromatic nitrogens is 1. The number of carbonyl (C=O) groups is 3. The summed E-state index contributed by atoms with van der Waals surface area (Å²) in [6.07, 6.45) is 2.52. The molecule has 1 atom stereocenters. The van der Waals surface area contributed by atoms with Crippen molar-refractivity contribution < 1.29 is 33.0 Å². The minimum Gasteiger partial charge on any atom is -0.493 e. The third kappa shape index (κ3) is 6.57. The number of methoxy groups -OCH3 is 1. The fraction of sp³-hybridized carbons (Fsp3) is 0.333. The topological polar surface area (TPSA) is 98.3 Å². The second kappa shape index (κ2) is 12.9. The first kappa shape index (κ1) is 31.2. The molecule has 1 amide bonds. The minimum atomic E-state index is -0.950. The number of fused-ring (bicyclic) bond motifs is 1. The standard InChI is InChI=1S/C36H36FN3O6/c1-23-22-40(17-16-39(23)2)35(43)46-32-21-29-28(20-31(32)44-3)30(12-15-38-29)45-27-10-6-25(7-11-27)19-34(42)36(13-14-36)33(41)18-24-4-8-26(37)9-5-24/h4-12,15,20-21,23H,13-14,16-19,22H2,1-3H3/t23-/m0/s1. The Balaban J connectivity index is 1.12. The Morgan fingerprint density at radius 3 is 2.15 bits per heavy atom. The number of Topliss-reactive ketones (excluding diaryl/α,β-unsaturated/α-hetero) is 2. The zero-order chi connectivity index (χ0) is 32.4. The summed E-state index contributed by atoms with van der Waals surface area (Å²) in [5.74, 6) is 1.15. The molecule has 9 nitrogen and oxygen atoms in total. The largest absolute Gasteiger partial charge is 0.493 e. The highest BCUT2D eigenvalue weighted by atomic mass is 19.1. The molecule has 4 aromatic rings. The van der Waals surface area contributed by atoms with Crippen LogP contribution < -0.4 is 14.2 Å². The first-order valence-corrected chi connectivity index (χ1v) is 15.4. The van der Waals surface area contributed by atoms with Gasteiger partial charge in [-0.2, -0.15) is 0 Å². The SMILES string of the molecule is COc1cc2c(Oc3ccc(CC(=O)C4(C(=O)Cc5ccc(F)cc5)CC4)cc3)ccnc2cc1OC(=O)N1CCN(C)[C@@H](C)C1. The van der Waals surface area contributed by atoms with Crippen LogP contribution in [0.15, 0.2) is 72.9 Å². The van der Waals surface area contributed by atoms with Crippen LogP contribution in [-0.4, -0.2) is 72.3 Å². The summed E-state index contributed by atoms with van der Waals surface area (Å²) in [5.41, 5.74) is 1.09. The van der Waals surface area contributed by atoms with Gasteiger partial charge in [-0.15, -0.1) is 0 Å². The second-order valence-corrected chi connectivity index (χ2v) is 12.1. The summed E-state index contributed by atoms with van der Waals surface area (Å²) in [6.45, 7) is 3.99. The van der Waals surface area contributed by atoms with E-state index in [1.807, 2.05) is 19.2 Å². The molecule has 0 bridgehead atoms. The molecule has 1 saturated carbocycles. The van der Waals surface area contributed by atoms with Crippen molar-refractivity contribution in [2.75, 3.05) is 33.8 Å². The smallest absolute Gasteiger partial charge is 0.415 e.